The molecule has 0 aliphatic carbocycles. The third-order valence-electron chi connectivity index (χ3n) is 3.70. The molecule has 1 aromatic rings. The van der Waals surface area contributed by atoms with Crippen LogP contribution in [-0.4, -0.2) is 62.0 Å². The van der Waals surface area contributed by atoms with Gasteiger partial charge in [-0.15, -0.1) is 0 Å². The maximum absolute atomic E-state index is 12.5. The largest absolute Gasteiger partial charge is 0.495 e. The van der Waals surface area contributed by atoms with Crippen molar-refractivity contribution in [1.82, 2.24) is 4.72 Å². The van der Waals surface area contributed by atoms with Gasteiger partial charge >= 0.3 is 0 Å². The molecule has 23 heavy (non-hydrogen) atoms. The number of rotatable bonds is 7. The number of hydrogen-bond acceptors (Lipinski definition) is 5. The van der Waals surface area contributed by atoms with E-state index < -0.39 is 10.0 Å². The highest BCUT2D eigenvalue weighted by Gasteiger charge is 2.23. The minimum atomic E-state index is -3.71. The van der Waals surface area contributed by atoms with Crippen molar-refractivity contribution < 1.29 is 27.5 Å². The van der Waals surface area contributed by atoms with Crippen molar-refractivity contribution in [2.24, 2.45) is 0 Å². The van der Waals surface area contributed by atoms with Crippen molar-refractivity contribution in [2.45, 2.75) is 4.90 Å². The fourth-order valence-electron chi connectivity index (χ4n) is 2.39. The highest BCUT2D eigenvalue weighted by atomic mass is 35.5. The van der Waals surface area contributed by atoms with Crippen LogP contribution >= 0.6 is 11.6 Å². The molecule has 1 heterocycles. The summed E-state index contributed by atoms with van der Waals surface area (Å²) >= 11 is 6.00. The van der Waals surface area contributed by atoms with E-state index in [-0.39, 0.29) is 16.4 Å². The first-order chi connectivity index (χ1) is 11.0. The van der Waals surface area contributed by atoms with Crippen molar-refractivity contribution in [3.8, 4) is 11.5 Å². The van der Waals surface area contributed by atoms with Gasteiger partial charge in [-0.1, -0.05) is 11.6 Å². The second kappa shape index (κ2) is 8.16. The summed E-state index contributed by atoms with van der Waals surface area (Å²) in [5.41, 5.74) is 0. The van der Waals surface area contributed by atoms with Crippen LogP contribution in [-0.2, 0) is 14.8 Å². The summed E-state index contributed by atoms with van der Waals surface area (Å²) in [5.74, 6) is 0.466. The maximum Gasteiger partial charge on any atom is 0.244 e. The fraction of sp³-hybridized carbons (Fsp3) is 0.571. The molecule has 0 saturated carbocycles. The normalized spacial score (nSPS) is 16.3. The van der Waals surface area contributed by atoms with Crippen LogP contribution in [0.3, 0.4) is 0 Å². The van der Waals surface area contributed by atoms with Crippen LogP contribution in [0, 0.1) is 0 Å². The first-order valence-corrected chi connectivity index (χ1v) is 9.16. The molecular formula is C14H22ClN2O5S+. The molecule has 1 aliphatic rings. The van der Waals surface area contributed by atoms with Crippen LogP contribution in [0.1, 0.15) is 0 Å². The standard InChI is InChI=1S/C14H21ClN2O5S/c1-20-12-10-14(13(21-2)9-11(12)15)23(18,19)16-3-4-17-5-7-22-8-6-17/h9-10,16H,3-8H2,1-2H3/p+1. The van der Waals surface area contributed by atoms with Crippen LogP contribution in [0.5, 0.6) is 11.5 Å². The summed E-state index contributed by atoms with van der Waals surface area (Å²) in [4.78, 5) is 1.33. The third kappa shape index (κ3) is 4.71. The van der Waals surface area contributed by atoms with E-state index in [9.17, 15) is 8.42 Å². The van der Waals surface area contributed by atoms with E-state index in [0.717, 1.165) is 13.1 Å². The van der Waals surface area contributed by atoms with Crippen molar-refractivity contribution in [1.29, 1.82) is 0 Å². The van der Waals surface area contributed by atoms with Crippen molar-refractivity contribution in [2.75, 3.05) is 53.6 Å². The Balaban J connectivity index is 2.08. The quantitative estimate of drug-likeness (QED) is 0.684. The number of nitrogens with one attached hydrogen (secondary N) is 2. The Kier molecular flexibility index (Phi) is 6.49. The highest BCUT2D eigenvalue weighted by Crippen LogP contribution is 2.34. The topological polar surface area (TPSA) is 78.3 Å². The molecule has 7 nitrogen and oxygen atoms in total. The summed E-state index contributed by atoms with van der Waals surface area (Å²) in [7, 11) is -0.884. The minimum absolute atomic E-state index is 0.0122. The highest BCUT2D eigenvalue weighted by molar-refractivity contribution is 7.89. The van der Waals surface area contributed by atoms with E-state index in [1.54, 1.807) is 0 Å². The molecule has 0 spiro atoms. The number of sulfonamides is 1. The number of hydrogen-bond donors (Lipinski definition) is 2. The molecule has 0 bridgehead atoms. The van der Waals surface area contributed by atoms with Crippen LogP contribution in [0.25, 0.3) is 0 Å². The van der Waals surface area contributed by atoms with Gasteiger partial charge in [-0.05, 0) is 0 Å². The second-order valence-corrected chi connectivity index (χ2v) is 7.29. The molecular weight excluding hydrogens is 344 g/mol. The fourth-order valence-corrected chi connectivity index (χ4v) is 3.82. The monoisotopic (exact) mass is 365 g/mol. The Morgan fingerprint density at radius 1 is 1.22 bits per heavy atom. The van der Waals surface area contributed by atoms with Gasteiger partial charge in [0.25, 0.3) is 0 Å². The van der Waals surface area contributed by atoms with Crippen molar-refractivity contribution in [3.63, 3.8) is 0 Å². The number of ether oxygens (including phenoxy) is 3. The summed E-state index contributed by atoms with van der Waals surface area (Å²) in [6, 6.07) is 2.80. The Morgan fingerprint density at radius 3 is 2.48 bits per heavy atom. The molecule has 2 rings (SSSR count). The summed E-state index contributed by atoms with van der Waals surface area (Å²) in [5, 5.41) is 0.293. The van der Waals surface area contributed by atoms with Gasteiger partial charge in [0, 0.05) is 12.1 Å². The summed E-state index contributed by atoms with van der Waals surface area (Å²) < 4.78 is 43.1. The van der Waals surface area contributed by atoms with Gasteiger partial charge in [0.15, 0.2) is 0 Å². The van der Waals surface area contributed by atoms with E-state index in [0.29, 0.717) is 31.3 Å². The van der Waals surface area contributed by atoms with Gasteiger partial charge < -0.3 is 19.1 Å². The van der Waals surface area contributed by atoms with Gasteiger partial charge in [0.2, 0.25) is 10.0 Å². The Hall–Kier alpha value is -1.06. The molecule has 1 saturated heterocycles. The molecule has 0 unspecified atom stereocenters. The Bertz CT molecular complexity index is 632. The lowest BCUT2D eigenvalue weighted by atomic mass is 10.3. The zero-order valence-corrected chi connectivity index (χ0v) is 14.8. The Morgan fingerprint density at radius 2 is 1.87 bits per heavy atom. The predicted octanol–water partition coefficient (Wildman–Crippen LogP) is -0.449. The molecule has 130 valence electrons. The lowest BCUT2D eigenvalue weighted by Gasteiger charge is -2.23. The minimum Gasteiger partial charge on any atom is -0.495 e. The number of halogens is 1. The lowest BCUT2D eigenvalue weighted by Crippen LogP contribution is -3.14. The average molecular weight is 366 g/mol. The third-order valence-corrected chi connectivity index (χ3v) is 5.48. The molecule has 0 radical (unpaired) electrons. The molecule has 1 fully saturated rings. The number of morpholine rings is 1. The van der Waals surface area contributed by atoms with Gasteiger partial charge in [-0.2, -0.15) is 0 Å². The smallest absolute Gasteiger partial charge is 0.244 e. The van der Waals surface area contributed by atoms with E-state index in [1.807, 2.05) is 0 Å². The zero-order chi connectivity index (χ0) is 16.9. The predicted molar refractivity (Wildman–Crippen MR) is 86.1 cm³/mol. The summed E-state index contributed by atoms with van der Waals surface area (Å²) in [6.45, 7) is 4.25. The lowest BCUT2D eigenvalue weighted by molar-refractivity contribution is -0.906. The molecule has 1 aliphatic heterocycles. The zero-order valence-electron chi connectivity index (χ0n) is 13.2. The van der Waals surface area contributed by atoms with Crippen LogP contribution in [0.2, 0.25) is 5.02 Å². The molecule has 0 aromatic heterocycles. The van der Waals surface area contributed by atoms with Gasteiger partial charge in [0.05, 0.1) is 45.5 Å². The second-order valence-electron chi connectivity index (χ2n) is 5.15. The molecule has 0 amide bonds. The van der Waals surface area contributed by atoms with Crippen LogP contribution < -0.4 is 19.1 Å². The molecule has 1 aromatic carbocycles. The van der Waals surface area contributed by atoms with E-state index >= 15 is 0 Å². The number of methoxy groups -OCH3 is 2. The first kappa shape index (κ1) is 18.3. The van der Waals surface area contributed by atoms with Crippen molar-refractivity contribution >= 4 is 21.6 Å². The maximum atomic E-state index is 12.5. The summed E-state index contributed by atoms with van der Waals surface area (Å²) in [6.07, 6.45) is 0. The van der Waals surface area contributed by atoms with Crippen LogP contribution in [0.4, 0.5) is 0 Å². The van der Waals surface area contributed by atoms with Crippen molar-refractivity contribution in [3.05, 3.63) is 17.2 Å². The molecule has 0 atom stereocenters. The average Bonchev–Trinajstić information content (AvgIpc) is 2.55. The SMILES string of the molecule is COc1cc(S(=O)(=O)NCC[NH+]2CCOCC2)c(OC)cc1Cl. The van der Waals surface area contributed by atoms with E-state index in [1.165, 1.54) is 31.3 Å². The van der Waals surface area contributed by atoms with Crippen LogP contribution in [0.15, 0.2) is 17.0 Å². The van der Waals surface area contributed by atoms with E-state index in [2.05, 4.69) is 4.72 Å². The van der Waals surface area contributed by atoms with E-state index in [4.69, 9.17) is 25.8 Å². The van der Waals surface area contributed by atoms with Gasteiger partial charge in [-0.3, -0.25) is 0 Å². The molecule has 9 heteroatoms. The number of benzene rings is 1. The number of quaternary nitrogens is 1. The Labute approximate surface area is 141 Å². The molecule has 2 N–H and O–H groups in total. The van der Waals surface area contributed by atoms with Gasteiger partial charge in [-0.25, -0.2) is 13.1 Å². The van der Waals surface area contributed by atoms with Gasteiger partial charge in [0.1, 0.15) is 29.5 Å². The first-order valence-electron chi connectivity index (χ1n) is 7.30.